The Morgan fingerprint density at radius 2 is 1.72 bits per heavy atom. The number of benzene rings is 2. The van der Waals surface area contributed by atoms with Crippen molar-refractivity contribution in [2.45, 2.75) is 19.9 Å². The summed E-state index contributed by atoms with van der Waals surface area (Å²) < 4.78 is 21.8. The average molecular weight is 395 g/mol. The average Bonchev–Trinajstić information content (AvgIpc) is 3.08. The lowest BCUT2D eigenvalue weighted by Gasteiger charge is -2.11. The monoisotopic (exact) mass is 395 g/mol. The fourth-order valence-corrected chi connectivity index (χ4v) is 3.21. The molecule has 0 spiro atoms. The van der Waals surface area contributed by atoms with Crippen LogP contribution in [0.5, 0.6) is 17.2 Å². The lowest BCUT2D eigenvalue weighted by molar-refractivity contribution is -0.117. The molecule has 1 heterocycles. The Morgan fingerprint density at radius 1 is 1.03 bits per heavy atom. The van der Waals surface area contributed by atoms with Crippen molar-refractivity contribution < 1.29 is 23.4 Å². The molecule has 1 unspecified atom stereocenters. The Bertz CT molecular complexity index is 1050. The molecule has 3 aromatic rings. The predicted molar refractivity (Wildman–Crippen MR) is 113 cm³/mol. The highest BCUT2D eigenvalue weighted by Crippen LogP contribution is 2.32. The molecule has 1 N–H and O–H groups in total. The van der Waals surface area contributed by atoms with E-state index in [0.717, 1.165) is 33.6 Å². The van der Waals surface area contributed by atoms with Crippen LogP contribution in [0, 0.1) is 6.92 Å². The molecule has 0 saturated heterocycles. The van der Waals surface area contributed by atoms with Crippen LogP contribution in [0.3, 0.4) is 0 Å². The molecule has 0 radical (unpaired) electrons. The largest absolute Gasteiger partial charge is 0.497 e. The summed E-state index contributed by atoms with van der Waals surface area (Å²) in [7, 11) is 4.80. The van der Waals surface area contributed by atoms with Crippen molar-refractivity contribution in [2.24, 2.45) is 0 Å². The third kappa shape index (κ3) is 4.37. The zero-order valence-electron chi connectivity index (χ0n) is 17.2. The van der Waals surface area contributed by atoms with Crippen LogP contribution in [-0.4, -0.2) is 27.2 Å². The SMILES string of the molecule is COc1ccc(/C=C/C(=O)NC(C)c2oc3ccc(OC)cc3c2C)c(OC)c1. The lowest BCUT2D eigenvalue weighted by atomic mass is 10.1. The van der Waals surface area contributed by atoms with E-state index in [1.54, 1.807) is 33.5 Å². The lowest BCUT2D eigenvalue weighted by Crippen LogP contribution is -2.24. The van der Waals surface area contributed by atoms with Gasteiger partial charge in [0.05, 0.1) is 27.4 Å². The minimum atomic E-state index is -0.289. The zero-order chi connectivity index (χ0) is 21.0. The highest BCUT2D eigenvalue weighted by Gasteiger charge is 2.18. The third-order valence-electron chi connectivity index (χ3n) is 4.79. The Labute approximate surface area is 170 Å². The Hall–Kier alpha value is -3.41. The van der Waals surface area contributed by atoms with Crippen LogP contribution >= 0.6 is 0 Å². The van der Waals surface area contributed by atoms with E-state index in [1.807, 2.05) is 44.2 Å². The standard InChI is InChI=1S/C23H25NO5/c1-14-19-12-17(26-3)9-10-20(19)29-23(14)15(2)24-22(25)11-7-16-6-8-18(27-4)13-21(16)28-5/h6-13,15H,1-5H3,(H,24,25)/b11-7+. The number of nitrogens with one attached hydrogen (secondary N) is 1. The fourth-order valence-electron chi connectivity index (χ4n) is 3.21. The summed E-state index contributed by atoms with van der Waals surface area (Å²) in [5, 5.41) is 3.91. The first-order valence-electron chi connectivity index (χ1n) is 9.24. The van der Waals surface area contributed by atoms with E-state index < -0.39 is 0 Å². The second-order valence-electron chi connectivity index (χ2n) is 6.62. The molecule has 3 rings (SSSR count). The number of ether oxygens (including phenoxy) is 3. The van der Waals surface area contributed by atoms with E-state index in [-0.39, 0.29) is 11.9 Å². The second kappa shape index (κ2) is 8.73. The van der Waals surface area contributed by atoms with Crippen LogP contribution in [0.1, 0.15) is 29.9 Å². The minimum absolute atomic E-state index is 0.229. The summed E-state index contributed by atoms with van der Waals surface area (Å²) in [5.74, 6) is 2.57. The van der Waals surface area contributed by atoms with Gasteiger partial charge in [-0.15, -0.1) is 0 Å². The van der Waals surface area contributed by atoms with Crippen molar-refractivity contribution in [3.8, 4) is 17.2 Å². The maximum absolute atomic E-state index is 12.4. The normalized spacial score (nSPS) is 12.2. The van der Waals surface area contributed by atoms with Crippen molar-refractivity contribution >= 4 is 23.0 Å². The van der Waals surface area contributed by atoms with E-state index in [1.165, 1.54) is 6.08 Å². The first kappa shape index (κ1) is 20.3. The number of hydrogen-bond acceptors (Lipinski definition) is 5. The van der Waals surface area contributed by atoms with Gasteiger partial charge in [0.15, 0.2) is 0 Å². The number of fused-ring (bicyclic) bond motifs is 1. The number of amides is 1. The van der Waals surface area contributed by atoms with Crippen LogP contribution in [-0.2, 0) is 4.79 Å². The van der Waals surface area contributed by atoms with Gasteiger partial charge in [-0.3, -0.25) is 4.79 Å². The number of carbonyl (C=O) groups is 1. The summed E-state index contributed by atoms with van der Waals surface area (Å²) in [6.45, 7) is 3.86. The Balaban J connectivity index is 1.75. The summed E-state index contributed by atoms with van der Waals surface area (Å²) in [4.78, 5) is 12.4. The van der Waals surface area contributed by atoms with Crippen molar-refractivity contribution in [1.82, 2.24) is 5.32 Å². The molecule has 152 valence electrons. The van der Waals surface area contributed by atoms with Crippen molar-refractivity contribution in [3.63, 3.8) is 0 Å². The number of hydrogen-bond donors (Lipinski definition) is 1. The van der Waals surface area contributed by atoms with E-state index in [0.29, 0.717) is 11.5 Å². The number of aryl methyl sites for hydroxylation is 1. The Kier molecular flexibility index (Phi) is 6.12. The summed E-state index contributed by atoms with van der Waals surface area (Å²) in [6.07, 6.45) is 3.18. The molecule has 0 bridgehead atoms. The number of methoxy groups -OCH3 is 3. The molecule has 0 aliphatic rings. The van der Waals surface area contributed by atoms with Crippen LogP contribution in [0.2, 0.25) is 0 Å². The van der Waals surface area contributed by atoms with Crippen molar-refractivity contribution in [3.05, 3.63) is 59.4 Å². The van der Waals surface area contributed by atoms with Gasteiger partial charge in [0, 0.05) is 28.7 Å². The Morgan fingerprint density at radius 3 is 2.41 bits per heavy atom. The summed E-state index contributed by atoms with van der Waals surface area (Å²) in [6, 6.07) is 10.8. The third-order valence-corrected chi connectivity index (χ3v) is 4.79. The van der Waals surface area contributed by atoms with E-state index in [2.05, 4.69) is 5.32 Å². The van der Waals surface area contributed by atoms with Crippen LogP contribution < -0.4 is 19.5 Å². The zero-order valence-corrected chi connectivity index (χ0v) is 17.2. The molecular formula is C23H25NO5. The molecular weight excluding hydrogens is 370 g/mol. The molecule has 6 nitrogen and oxygen atoms in total. The fraction of sp³-hybridized carbons (Fsp3) is 0.261. The van der Waals surface area contributed by atoms with Gasteiger partial charge in [-0.1, -0.05) is 0 Å². The summed E-state index contributed by atoms with van der Waals surface area (Å²) in [5.41, 5.74) is 2.52. The predicted octanol–water partition coefficient (Wildman–Crippen LogP) is 4.66. The molecule has 0 fully saturated rings. The first-order chi connectivity index (χ1) is 14.0. The van der Waals surface area contributed by atoms with Crippen molar-refractivity contribution in [2.75, 3.05) is 21.3 Å². The molecule has 6 heteroatoms. The molecule has 1 amide bonds. The molecule has 0 aliphatic heterocycles. The maximum Gasteiger partial charge on any atom is 0.244 e. The van der Waals surface area contributed by atoms with Gasteiger partial charge < -0.3 is 23.9 Å². The van der Waals surface area contributed by atoms with E-state index in [9.17, 15) is 4.79 Å². The highest BCUT2D eigenvalue weighted by atomic mass is 16.5. The van der Waals surface area contributed by atoms with Crippen LogP contribution in [0.15, 0.2) is 46.9 Å². The van der Waals surface area contributed by atoms with Gasteiger partial charge in [-0.2, -0.15) is 0 Å². The van der Waals surface area contributed by atoms with Gasteiger partial charge in [0.1, 0.15) is 28.6 Å². The van der Waals surface area contributed by atoms with Crippen LogP contribution in [0.25, 0.3) is 17.0 Å². The van der Waals surface area contributed by atoms with E-state index >= 15 is 0 Å². The number of rotatable bonds is 7. The first-order valence-corrected chi connectivity index (χ1v) is 9.24. The van der Waals surface area contributed by atoms with Crippen molar-refractivity contribution in [1.29, 1.82) is 0 Å². The second-order valence-corrected chi connectivity index (χ2v) is 6.62. The topological polar surface area (TPSA) is 69.9 Å². The van der Waals surface area contributed by atoms with Gasteiger partial charge >= 0.3 is 0 Å². The minimum Gasteiger partial charge on any atom is -0.497 e. The molecule has 0 aliphatic carbocycles. The van der Waals surface area contributed by atoms with Gasteiger partial charge in [-0.05, 0) is 50.3 Å². The molecule has 1 atom stereocenters. The molecule has 2 aromatic carbocycles. The van der Waals surface area contributed by atoms with E-state index in [4.69, 9.17) is 18.6 Å². The molecule has 0 saturated carbocycles. The molecule has 29 heavy (non-hydrogen) atoms. The van der Waals surface area contributed by atoms with Gasteiger partial charge in [-0.25, -0.2) is 0 Å². The molecule has 1 aromatic heterocycles. The highest BCUT2D eigenvalue weighted by molar-refractivity contribution is 5.92. The van der Waals surface area contributed by atoms with Gasteiger partial charge in [0.25, 0.3) is 0 Å². The van der Waals surface area contributed by atoms with Gasteiger partial charge in [0.2, 0.25) is 5.91 Å². The smallest absolute Gasteiger partial charge is 0.244 e. The maximum atomic E-state index is 12.4. The number of furan rings is 1. The summed E-state index contributed by atoms with van der Waals surface area (Å²) >= 11 is 0. The number of carbonyl (C=O) groups excluding carboxylic acids is 1. The van der Waals surface area contributed by atoms with Crippen LogP contribution in [0.4, 0.5) is 0 Å². The quantitative estimate of drug-likeness (QED) is 0.589.